The fourth-order valence-corrected chi connectivity index (χ4v) is 4.52. The summed E-state index contributed by atoms with van der Waals surface area (Å²) in [6.45, 7) is 3.19. The zero-order valence-corrected chi connectivity index (χ0v) is 21.5. The van der Waals surface area contributed by atoms with E-state index in [1.165, 1.54) is 23.7 Å². The van der Waals surface area contributed by atoms with Crippen LogP contribution in [0.5, 0.6) is 17.4 Å². The highest BCUT2D eigenvalue weighted by Crippen LogP contribution is 2.36. The molecule has 4 rings (SSSR count). The number of amides is 1. The van der Waals surface area contributed by atoms with E-state index < -0.39 is 17.3 Å². The number of carbonyl (C=O) groups is 1. The van der Waals surface area contributed by atoms with Gasteiger partial charge in [0.2, 0.25) is 5.88 Å². The molecule has 2 heterocycles. The van der Waals surface area contributed by atoms with Crippen LogP contribution in [0.4, 0.5) is 0 Å². The van der Waals surface area contributed by atoms with Gasteiger partial charge in [0, 0.05) is 19.5 Å². The molecule has 0 saturated carbocycles. The zero-order valence-electron chi connectivity index (χ0n) is 21.5. The van der Waals surface area contributed by atoms with Crippen LogP contribution >= 0.6 is 0 Å². The Morgan fingerprint density at radius 3 is 2.43 bits per heavy atom. The number of nitrogens with zero attached hydrogens (tertiary/aromatic N) is 3. The summed E-state index contributed by atoms with van der Waals surface area (Å²) in [5, 5.41) is 11.4. The zero-order chi connectivity index (χ0) is 26.4. The number of hydrogen-bond acceptors (Lipinski definition) is 7. The summed E-state index contributed by atoms with van der Waals surface area (Å²) >= 11 is 0. The lowest BCUT2D eigenvalue weighted by molar-refractivity contribution is 0.0436. The summed E-state index contributed by atoms with van der Waals surface area (Å²) in [5.74, 6) is 0.0887. The molecule has 1 amide bonds. The van der Waals surface area contributed by atoms with Gasteiger partial charge in [-0.15, -0.1) is 0 Å². The van der Waals surface area contributed by atoms with Gasteiger partial charge in [0.25, 0.3) is 11.5 Å². The number of carbonyl (C=O) groups excluding carboxylic acids is 1. The highest BCUT2D eigenvalue weighted by atomic mass is 16.5. The Labute approximate surface area is 216 Å². The number of aryl methyl sites for hydroxylation is 1. The Kier molecular flexibility index (Phi) is 8.45. The van der Waals surface area contributed by atoms with Crippen molar-refractivity contribution in [2.75, 3.05) is 27.3 Å². The second-order valence-corrected chi connectivity index (χ2v) is 8.94. The third-order valence-electron chi connectivity index (χ3n) is 6.49. The summed E-state index contributed by atoms with van der Waals surface area (Å²) in [5.41, 5.74) is 0.290. The number of aromatic hydroxyl groups is 1. The quantitative estimate of drug-likeness (QED) is 0.446. The number of methoxy groups -OCH3 is 2. The largest absolute Gasteiger partial charge is 0.494 e. The van der Waals surface area contributed by atoms with E-state index in [4.69, 9.17) is 14.2 Å². The van der Waals surface area contributed by atoms with Crippen LogP contribution in [0.3, 0.4) is 0 Å². The first-order valence-electron chi connectivity index (χ1n) is 12.5. The topological polar surface area (TPSA) is 103 Å². The summed E-state index contributed by atoms with van der Waals surface area (Å²) < 4.78 is 18.5. The van der Waals surface area contributed by atoms with E-state index in [0.717, 1.165) is 18.4 Å². The van der Waals surface area contributed by atoms with Crippen molar-refractivity contribution in [1.82, 2.24) is 14.5 Å². The molecule has 0 bridgehead atoms. The van der Waals surface area contributed by atoms with Crippen molar-refractivity contribution in [1.29, 1.82) is 0 Å². The molecular weight excluding hydrogens is 474 g/mol. The molecule has 1 saturated heterocycles. The molecule has 0 aliphatic carbocycles. The van der Waals surface area contributed by atoms with Gasteiger partial charge >= 0.3 is 0 Å². The lowest BCUT2D eigenvalue weighted by Gasteiger charge is -2.22. The standard InChI is InChI=1S/C28H33N3O6/c1-4-5-14-23-29-26(32)24(28(34)31(23)25-21(35-2)12-9-13-22(25)36-3)27(33)30-16-15-20(17-30)37-18-19-10-7-6-8-11-19/h6-13,20,34H,4-5,14-18H2,1-3H3/t20-/m0/s1. The number of para-hydroxylation sites is 1. The molecule has 1 aliphatic rings. The predicted octanol–water partition coefficient (Wildman–Crippen LogP) is 3.73. The van der Waals surface area contributed by atoms with Crippen molar-refractivity contribution in [3.05, 3.63) is 75.8 Å². The maximum Gasteiger partial charge on any atom is 0.289 e. The molecule has 0 radical (unpaired) electrons. The Bertz CT molecular complexity index is 1270. The lowest BCUT2D eigenvalue weighted by atomic mass is 10.2. The van der Waals surface area contributed by atoms with Crippen LogP contribution in [0, 0.1) is 0 Å². The third-order valence-corrected chi connectivity index (χ3v) is 6.49. The number of rotatable bonds is 10. The van der Waals surface area contributed by atoms with E-state index in [1.54, 1.807) is 18.2 Å². The van der Waals surface area contributed by atoms with Gasteiger partial charge in [-0.25, -0.2) is 0 Å². The summed E-state index contributed by atoms with van der Waals surface area (Å²) in [7, 11) is 3.01. The Balaban J connectivity index is 1.67. The van der Waals surface area contributed by atoms with Gasteiger partial charge in [-0.2, -0.15) is 4.98 Å². The number of aromatic nitrogens is 2. The first-order valence-corrected chi connectivity index (χ1v) is 12.5. The van der Waals surface area contributed by atoms with Crippen LogP contribution in [-0.4, -0.2) is 58.9 Å². The van der Waals surface area contributed by atoms with E-state index in [-0.39, 0.29) is 11.7 Å². The molecule has 3 aromatic rings. The van der Waals surface area contributed by atoms with Crippen LogP contribution < -0.4 is 15.0 Å². The van der Waals surface area contributed by atoms with E-state index in [0.29, 0.717) is 55.5 Å². The van der Waals surface area contributed by atoms with Gasteiger partial charge in [-0.3, -0.25) is 14.2 Å². The maximum absolute atomic E-state index is 13.5. The Morgan fingerprint density at radius 2 is 1.78 bits per heavy atom. The van der Waals surface area contributed by atoms with E-state index in [1.807, 2.05) is 37.3 Å². The van der Waals surface area contributed by atoms with Gasteiger partial charge in [-0.05, 0) is 30.5 Å². The van der Waals surface area contributed by atoms with Crippen molar-refractivity contribution in [2.24, 2.45) is 0 Å². The van der Waals surface area contributed by atoms with Crippen LogP contribution in [0.25, 0.3) is 5.69 Å². The lowest BCUT2D eigenvalue weighted by Crippen LogP contribution is -2.35. The van der Waals surface area contributed by atoms with Crippen LogP contribution in [0.15, 0.2) is 53.3 Å². The molecule has 1 fully saturated rings. The average Bonchev–Trinajstić information content (AvgIpc) is 3.40. The van der Waals surface area contributed by atoms with Gasteiger partial charge in [0.15, 0.2) is 5.56 Å². The molecule has 37 heavy (non-hydrogen) atoms. The maximum atomic E-state index is 13.5. The number of ether oxygens (including phenoxy) is 3. The molecule has 0 unspecified atom stereocenters. The number of likely N-dealkylation sites (tertiary alicyclic amines) is 1. The predicted molar refractivity (Wildman–Crippen MR) is 139 cm³/mol. The molecule has 1 aliphatic heterocycles. The minimum absolute atomic E-state index is 0.167. The van der Waals surface area contributed by atoms with Gasteiger partial charge in [0.1, 0.15) is 23.0 Å². The van der Waals surface area contributed by atoms with Crippen LogP contribution in [-0.2, 0) is 17.8 Å². The number of hydrogen-bond donors (Lipinski definition) is 1. The molecule has 1 aromatic heterocycles. The monoisotopic (exact) mass is 507 g/mol. The molecule has 2 aromatic carbocycles. The number of unbranched alkanes of at least 4 members (excludes halogenated alkanes) is 1. The summed E-state index contributed by atoms with van der Waals surface area (Å²) in [6, 6.07) is 15.0. The molecule has 0 spiro atoms. The van der Waals surface area contributed by atoms with E-state index in [2.05, 4.69) is 4.98 Å². The second kappa shape index (κ2) is 11.9. The summed E-state index contributed by atoms with van der Waals surface area (Å²) in [4.78, 5) is 32.4. The van der Waals surface area contributed by atoms with Crippen LogP contribution in [0.1, 0.15) is 47.9 Å². The van der Waals surface area contributed by atoms with Gasteiger partial charge in [0.05, 0.1) is 26.9 Å². The van der Waals surface area contributed by atoms with E-state index >= 15 is 0 Å². The normalized spacial score (nSPS) is 15.1. The van der Waals surface area contributed by atoms with Crippen molar-refractivity contribution < 1.29 is 24.1 Å². The minimum Gasteiger partial charge on any atom is -0.494 e. The molecule has 9 heteroatoms. The molecular formula is C28H33N3O6. The van der Waals surface area contributed by atoms with Gasteiger partial charge in [-0.1, -0.05) is 49.7 Å². The third kappa shape index (κ3) is 5.61. The molecule has 196 valence electrons. The Morgan fingerprint density at radius 1 is 1.08 bits per heavy atom. The second-order valence-electron chi connectivity index (χ2n) is 8.94. The van der Waals surface area contributed by atoms with Crippen molar-refractivity contribution in [3.63, 3.8) is 0 Å². The first kappa shape index (κ1) is 26.2. The molecule has 9 nitrogen and oxygen atoms in total. The van der Waals surface area contributed by atoms with Crippen LogP contribution in [0.2, 0.25) is 0 Å². The Hall–Kier alpha value is -3.85. The fraction of sp³-hybridized carbons (Fsp3) is 0.393. The highest BCUT2D eigenvalue weighted by molar-refractivity contribution is 5.96. The molecule has 1 atom stereocenters. The fourth-order valence-electron chi connectivity index (χ4n) is 4.52. The SMILES string of the molecule is CCCCc1nc(=O)c(C(=O)N2CC[C@H](OCc3ccccc3)C2)c(O)n1-c1c(OC)cccc1OC. The smallest absolute Gasteiger partial charge is 0.289 e. The average molecular weight is 508 g/mol. The van der Waals surface area contributed by atoms with Gasteiger partial charge < -0.3 is 24.2 Å². The van der Waals surface area contributed by atoms with E-state index in [9.17, 15) is 14.7 Å². The van der Waals surface area contributed by atoms with Crippen molar-refractivity contribution in [2.45, 2.75) is 45.3 Å². The summed E-state index contributed by atoms with van der Waals surface area (Å²) in [6.07, 6.45) is 2.49. The molecule has 1 N–H and O–H groups in total. The van der Waals surface area contributed by atoms with Crippen molar-refractivity contribution >= 4 is 5.91 Å². The van der Waals surface area contributed by atoms with Crippen molar-refractivity contribution in [3.8, 4) is 23.1 Å². The minimum atomic E-state index is -0.757. The highest BCUT2D eigenvalue weighted by Gasteiger charge is 2.33. The number of benzene rings is 2. The first-order chi connectivity index (χ1) is 18.0.